The summed E-state index contributed by atoms with van der Waals surface area (Å²) in [4.78, 5) is 2.31. The lowest BCUT2D eigenvalue weighted by atomic mass is 10.1. The molecule has 24 heavy (non-hydrogen) atoms. The van der Waals surface area contributed by atoms with Gasteiger partial charge in [-0.1, -0.05) is 6.07 Å². The smallest absolute Gasteiger partial charge is 0.163 e. The lowest BCUT2D eigenvalue weighted by Crippen LogP contribution is -2.38. The number of rotatable bonds is 5. The van der Waals surface area contributed by atoms with Crippen molar-refractivity contribution >= 4 is 0 Å². The summed E-state index contributed by atoms with van der Waals surface area (Å²) >= 11 is 0. The van der Waals surface area contributed by atoms with Crippen molar-refractivity contribution in [1.82, 2.24) is 19.7 Å². The fourth-order valence-corrected chi connectivity index (χ4v) is 2.94. The Morgan fingerprint density at radius 3 is 3.08 bits per heavy atom. The van der Waals surface area contributed by atoms with Crippen LogP contribution in [0.3, 0.4) is 0 Å². The van der Waals surface area contributed by atoms with E-state index in [2.05, 4.69) is 28.1 Å². The Bertz CT molecular complexity index is 737. The van der Waals surface area contributed by atoms with Crippen molar-refractivity contribution in [3.63, 3.8) is 0 Å². The summed E-state index contributed by atoms with van der Waals surface area (Å²) in [7, 11) is 1.63. The Morgan fingerprint density at radius 1 is 1.46 bits per heavy atom. The normalized spacial score (nSPS) is 18.3. The van der Waals surface area contributed by atoms with Crippen molar-refractivity contribution in [1.29, 1.82) is 5.26 Å². The van der Waals surface area contributed by atoms with Crippen molar-refractivity contribution in [2.24, 2.45) is 0 Å². The van der Waals surface area contributed by atoms with Crippen LogP contribution in [0.25, 0.3) is 0 Å². The van der Waals surface area contributed by atoms with Crippen LogP contribution in [0.1, 0.15) is 30.0 Å². The van der Waals surface area contributed by atoms with E-state index in [1.165, 1.54) is 0 Å². The second kappa shape index (κ2) is 7.43. The molecule has 1 fully saturated rings. The van der Waals surface area contributed by atoms with Gasteiger partial charge in [0.15, 0.2) is 5.82 Å². The van der Waals surface area contributed by atoms with Crippen molar-refractivity contribution in [2.75, 3.05) is 26.8 Å². The zero-order valence-electron chi connectivity index (χ0n) is 14.0. The SMILES string of the molecule is CCn1cnnc1[C@H]1CN(Cc2ccc(C#N)cc2OC)CCO1. The molecule has 0 spiro atoms. The number of ether oxygens (including phenoxy) is 2. The van der Waals surface area contributed by atoms with Crippen molar-refractivity contribution in [2.45, 2.75) is 26.1 Å². The topological polar surface area (TPSA) is 76.2 Å². The van der Waals surface area contributed by atoms with Crippen LogP contribution < -0.4 is 4.74 Å². The van der Waals surface area contributed by atoms with Gasteiger partial charge in [-0.05, 0) is 19.1 Å². The van der Waals surface area contributed by atoms with Crippen LogP contribution in [0.5, 0.6) is 5.75 Å². The van der Waals surface area contributed by atoms with Crippen LogP contribution in [0.15, 0.2) is 24.5 Å². The van der Waals surface area contributed by atoms with Crippen LogP contribution in [-0.2, 0) is 17.8 Å². The third kappa shape index (κ3) is 3.40. The first-order valence-corrected chi connectivity index (χ1v) is 8.03. The van der Waals surface area contributed by atoms with E-state index < -0.39 is 0 Å². The first-order valence-electron chi connectivity index (χ1n) is 8.03. The molecule has 0 unspecified atom stereocenters. The predicted octanol–water partition coefficient (Wildman–Crippen LogP) is 1.75. The van der Waals surface area contributed by atoms with E-state index in [9.17, 15) is 0 Å². The molecular weight excluding hydrogens is 306 g/mol. The highest BCUT2D eigenvalue weighted by Crippen LogP contribution is 2.25. The second-order valence-corrected chi connectivity index (χ2v) is 5.71. The number of benzene rings is 1. The number of nitrogens with zero attached hydrogens (tertiary/aromatic N) is 5. The quantitative estimate of drug-likeness (QED) is 0.833. The van der Waals surface area contributed by atoms with Gasteiger partial charge in [0.2, 0.25) is 0 Å². The van der Waals surface area contributed by atoms with Gasteiger partial charge in [-0.25, -0.2) is 0 Å². The van der Waals surface area contributed by atoms with Gasteiger partial charge in [0, 0.05) is 31.7 Å². The lowest BCUT2D eigenvalue weighted by molar-refractivity contribution is -0.0390. The maximum atomic E-state index is 9.01. The van der Waals surface area contributed by atoms with E-state index >= 15 is 0 Å². The van der Waals surface area contributed by atoms with E-state index in [1.807, 2.05) is 16.7 Å². The molecule has 0 amide bonds. The molecule has 1 aliphatic rings. The average molecular weight is 327 g/mol. The molecule has 1 aromatic carbocycles. The van der Waals surface area contributed by atoms with Crippen molar-refractivity contribution < 1.29 is 9.47 Å². The van der Waals surface area contributed by atoms with Gasteiger partial charge < -0.3 is 14.0 Å². The number of hydrogen-bond acceptors (Lipinski definition) is 6. The van der Waals surface area contributed by atoms with Crippen LogP contribution in [0, 0.1) is 11.3 Å². The highest BCUT2D eigenvalue weighted by molar-refractivity contribution is 5.42. The van der Waals surface area contributed by atoms with Crippen LogP contribution in [0.2, 0.25) is 0 Å². The molecule has 3 rings (SSSR count). The maximum Gasteiger partial charge on any atom is 0.163 e. The lowest BCUT2D eigenvalue weighted by Gasteiger charge is -2.32. The summed E-state index contributed by atoms with van der Waals surface area (Å²) in [5.74, 6) is 1.61. The van der Waals surface area contributed by atoms with Gasteiger partial charge in [-0.15, -0.1) is 10.2 Å². The Balaban J connectivity index is 1.73. The van der Waals surface area contributed by atoms with Gasteiger partial charge in [-0.2, -0.15) is 5.26 Å². The van der Waals surface area contributed by atoms with E-state index in [-0.39, 0.29) is 6.10 Å². The zero-order chi connectivity index (χ0) is 16.9. The maximum absolute atomic E-state index is 9.01. The zero-order valence-corrected chi connectivity index (χ0v) is 14.0. The summed E-state index contributed by atoms with van der Waals surface area (Å²) in [5.41, 5.74) is 1.67. The highest BCUT2D eigenvalue weighted by Gasteiger charge is 2.26. The van der Waals surface area contributed by atoms with E-state index in [1.54, 1.807) is 19.5 Å². The number of methoxy groups -OCH3 is 1. The fourth-order valence-electron chi connectivity index (χ4n) is 2.94. The highest BCUT2D eigenvalue weighted by atomic mass is 16.5. The standard InChI is InChI=1S/C17H21N5O2/c1-3-22-12-19-20-17(22)16-11-21(6-7-24-16)10-14-5-4-13(9-18)8-15(14)23-2/h4-5,8,12,16H,3,6-7,10-11H2,1-2H3/t16-/m1/s1. The minimum atomic E-state index is -0.0782. The molecule has 0 N–H and O–H groups in total. The van der Waals surface area contributed by atoms with E-state index in [4.69, 9.17) is 14.7 Å². The van der Waals surface area contributed by atoms with Crippen LogP contribution in [0.4, 0.5) is 0 Å². The first-order chi connectivity index (χ1) is 11.7. The molecule has 1 atom stereocenters. The van der Waals surface area contributed by atoms with E-state index in [0.717, 1.165) is 43.3 Å². The van der Waals surface area contributed by atoms with Gasteiger partial charge in [-0.3, -0.25) is 4.90 Å². The van der Waals surface area contributed by atoms with Crippen molar-refractivity contribution in [3.05, 3.63) is 41.5 Å². The molecule has 0 bridgehead atoms. The average Bonchev–Trinajstić information content (AvgIpc) is 3.11. The van der Waals surface area contributed by atoms with E-state index in [0.29, 0.717) is 12.2 Å². The molecule has 2 heterocycles. The number of morpholine rings is 1. The Morgan fingerprint density at radius 2 is 2.33 bits per heavy atom. The molecule has 2 aromatic rings. The molecule has 1 aromatic heterocycles. The number of aryl methyl sites for hydroxylation is 1. The molecule has 126 valence electrons. The molecule has 1 aliphatic heterocycles. The molecule has 0 aliphatic carbocycles. The van der Waals surface area contributed by atoms with Gasteiger partial charge >= 0.3 is 0 Å². The number of hydrogen-bond donors (Lipinski definition) is 0. The summed E-state index contributed by atoms with van der Waals surface area (Å²) in [6, 6.07) is 7.70. The molecular formula is C17H21N5O2. The minimum absolute atomic E-state index is 0.0782. The number of nitriles is 1. The molecule has 7 nitrogen and oxygen atoms in total. The third-order valence-electron chi connectivity index (χ3n) is 4.23. The number of aromatic nitrogens is 3. The molecule has 0 radical (unpaired) electrons. The molecule has 7 heteroatoms. The summed E-state index contributed by atoms with van der Waals surface area (Å²) < 4.78 is 13.3. The fraction of sp³-hybridized carbons (Fsp3) is 0.471. The second-order valence-electron chi connectivity index (χ2n) is 5.71. The Labute approximate surface area is 141 Å². The minimum Gasteiger partial charge on any atom is -0.496 e. The van der Waals surface area contributed by atoms with Gasteiger partial charge in [0.05, 0.1) is 25.3 Å². The Hall–Kier alpha value is -2.43. The van der Waals surface area contributed by atoms with Gasteiger partial charge in [0.25, 0.3) is 0 Å². The Kier molecular flexibility index (Phi) is 5.08. The van der Waals surface area contributed by atoms with Gasteiger partial charge in [0.1, 0.15) is 18.2 Å². The summed E-state index contributed by atoms with van der Waals surface area (Å²) in [5, 5.41) is 17.2. The van der Waals surface area contributed by atoms with Crippen molar-refractivity contribution in [3.8, 4) is 11.8 Å². The summed E-state index contributed by atoms with van der Waals surface area (Å²) in [6.07, 6.45) is 1.66. The van der Waals surface area contributed by atoms with Crippen LogP contribution in [-0.4, -0.2) is 46.5 Å². The predicted molar refractivity (Wildman–Crippen MR) is 87.4 cm³/mol. The first kappa shape index (κ1) is 16.4. The molecule has 1 saturated heterocycles. The molecule has 0 saturated carbocycles. The third-order valence-corrected chi connectivity index (χ3v) is 4.23. The largest absolute Gasteiger partial charge is 0.496 e. The van der Waals surface area contributed by atoms with Crippen LogP contribution >= 0.6 is 0 Å². The monoisotopic (exact) mass is 327 g/mol. The summed E-state index contributed by atoms with van der Waals surface area (Å²) in [6.45, 7) is 5.89.